The molecule has 0 spiro atoms. The van der Waals surface area contributed by atoms with E-state index in [-0.39, 0.29) is 17.2 Å². The summed E-state index contributed by atoms with van der Waals surface area (Å²) >= 11 is 0. The number of benzene rings is 3. The number of anilines is 1. The molecule has 0 fully saturated rings. The lowest BCUT2D eigenvalue weighted by Crippen LogP contribution is -2.35. The number of nitrogens with one attached hydrogen (secondary N) is 1. The van der Waals surface area contributed by atoms with Crippen LogP contribution in [0.5, 0.6) is 0 Å². The molecule has 0 saturated carbocycles. The second-order valence-electron chi connectivity index (χ2n) is 11.8. The van der Waals surface area contributed by atoms with Gasteiger partial charge in [-0.05, 0) is 52.8 Å². The summed E-state index contributed by atoms with van der Waals surface area (Å²) in [5, 5.41) is 5.10. The summed E-state index contributed by atoms with van der Waals surface area (Å²) in [5.74, 6) is 2.06. The second kappa shape index (κ2) is 10.5. The number of hydrogen-bond acceptors (Lipinski definition) is 3. The number of carbonyl (C=O) groups excluding carboxylic acids is 2. The Kier molecular flexibility index (Phi) is 7.11. The van der Waals surface area contributed by atoms with Gasteiger partial charge in [-0.2, -0.15) is 0 Å². The molecule has 38 heavy (non-hydrogen) atoms. The molecular formula is C33H36N2O3. The van der Waals surface area contributed by atoms with Gasteiger partial charge in [0.25, 0.3) is 5.91 Å². The lowest BCUT2D eigenvalue weighted by Gasteiger charge is -2.26. The maximum absolute atomic E-state index is 13.5. The first-order valence-electron chi connectivity index (χ1n) is 13.5. The Morgan fingerprint density at radius 2 is 1.76 bits per heavy atom. The van der Waals surface area contributed by atoms with Crippen molar-refractivity contribution in [1.29, 1.82) is 0 Å². The van der Waals surface area contributed by atoms with Crippen molar-refractivity contribution in [3.63, 3.8) is 0 Å². The van der Waals surface area contributed by atoms with Crippen molar-refractivity contribution in [1.82, 2.24) is 4.90 Å². The molecular weight excluding hydrogens is 472 g/mol. The van der Waals surface area contributed by atoms with Gasteiger partial charge < -0.3 is 14.6 Å². The molecule has 0 radical (unpaired) electrons. The minimum atomic E-state index is 0.0280. The fraction of sp³-hybridized carbons (Fsp3) is 0.333. The van der Waals surface area contributed by atoms with Crippen LogP contribution in [-0.2, 0) is 17.8 Å². The van der Waals surface area contributed by atoms with Gasteiger partial charge in [0.1, 0.15) is 11.5 Å². The predicted octanol–water partition coefficient (Wildman–Crippen LogP) is 7.70. The van der Waals surface area contributed by atoms with Crippen LogP contribution in [0.4, 0.5) is 5.69 Å². The van der Waals surface area contributed by atoms with E-state index in [1.807, 2.05) is 77.7 Å². The number of nitrogens with zero attached hydrogens (tertiary/aromatic N) is 1. The topological polar surface area (TPSA) is 62.6 Å². The molecule has 1 aliphatic rings. The molecule has 2 amide bonds. The fourth-order valence-corrected chi connectivity index (χ4v) is 5.63. The molecule has 0 aliphatic carbocycles. The van der Waals surface area contributed by atoms with Gasteiger partial charge in [-0.15, -0.1) is 0 Å². The third kappa shape index (κ3) is 5.83. The zero-order valence-corrected chi connectivity index (χ0v) is 22.7. The lowest BCUT2D eigenvalue weighted by molar-refractivity contribution is -0.117. The van der Waals surface area contributed by atoms with Crippen molar-refractivity contribution in [3.8, 4) is 11.3 Å². The summed E-state index contributed by atoms with van der Waals surface area (Å²) in [6.45, 7) is 9.86. The average molecular weight is 509 g/mol. The quantitative estimate of drug-likeness (QED) is 0.290. The molecule has 3 aromatic carbocycles. The zero-order valence-electron chi connectivity index (χ0n) is 22.7. The summed E-state index contributed by atoms with van der Waals surface area (Å²) in [5.41, 5.74) is 3.64. The standard InChI is InChI=1S/C33H36N2O3/c1-22(20-33(2,3)4)17-31(36)34-26-12-7-11-24(18-26)30-19-25-21-35(16-15-29(25)38-30)32(37)28-14-8-10-23-9-5-6-13-27(23)28/h5-14,18-19,22H,15-17,20-21H2,1-4H3,(H,34,36). The molecule has 1 unspecified atom stereocenters. The van der Waals surface area contributed by atoms with Crippen LogP contribution in [0.15, 0.2) is 77.2 Å². The van der Waals surface area contributed by atoms with Crippen molar-refractivity contribution in [2.75, 3.05) is 11.9 Å². The molecule has 196 valence electrons. The highest BCUT2D eigenvalue weighted by Crippen LogP contribution is 2.32. The summed E-state index contributed by atoms with van der Waals surface area (Å²) in [4.78, 5) is 28.0. The van der Waals surface area contributed by atoms with Crippen LogP contribution in [0.2, 0.25) is 0 Å². The van der Waals surface area contributed by atoms with Gasteiger partial charge in [-0.3, -0.25) is 9.59 Å². The third-order valence-corrected chi connectivity index (χ3v) is 7.10. The van der Waals surface area contributed by atoms with E-state index >= 15 is 0 Å². The highest BCUT2D eigenvalue weighted by molar-refractivity contribution is 6.07. The number of carbonyl (C=O) groups is 2. The zero-order chi connectivity index (χ0) is 26.9. The van der Waals surface area contributed by atoms with Crippen molar-refractivity contribution in [3.05, 3.63) is 89.7 Å². The van der Waals surface area contributed by atoms with Crippen LogP contribution in [0, 0.1) is 11.3 Å². The van der Waals surface area contributed by atoms with Crippen LogP contribution < -0.4 is 5.32 Å². The SMILES string of the molecule is CC(CC(=O)Nc1cccc(-c2cc3c(o2)CCN(C(=O)c2cccc4ccccc24)C3)c1)CC(C)(C)C. The summed E-state index contributed by atoms with van der Waals surface area (Å²) in [6, 6.07) is 23.7. The smallest absolute Gasteiger partial charge is 0.254 e. The Morgan fingerprint density at radius 1 is 1.00 bits per heavy atom. The maximum atomic E-state index is 13.5. The van der Waals surface area contributed by atoms with Gasteiger partial charge in [-0.1, -0.05) is 76.2 Å². The van der Waals surface area contributed by atoms with Crippen LogP contribution in [0.1, 0.15) is 62.2 Å². The van der Waals surface area contributed by atoms with E-state index in [9.17, 15) is 9.59 Å². The minimum Gasteiger partial charge on any atom is -0.461 e. The minimum absolute atomic E-state index is 0.0280. The largest absolute Gasteiger partial charge is 0.461 e. The number of amides is 2. The Bertz CT molecular complexity index is 1470. The lowest BCUT2D eigenvalue weighted by atomic mass is 9.84. The molecule has 0 bridgehead atoms. The van der Waals surface area contributed by atoms with E-state index in [0.29, 0.717) is 31.8 Å². The highest BCUT2D eigenvalue weighted by Gasteiger charge is 2.26. The first-order chi connectivity index (χ1) is 18.2. The van der Waals surface area contributed by atoms with Crippen LogP contribution in [0.3, 0.4) is 0 Å². The first kappa shape index (κ1) is 25.8. The molecule has 0 saturated heterocycles. The molecule has 2 heterocycles. The Balaban J connectivity index is 1.28. The number of furan rings is 1. The van der Waals surface area contributed by atoms with E-state index in [1.54, 1.807) is 0 Å². The van der Waals surface area contributed by atoms with Crippen molar-refractivity contribution in [2.45, 2.75) is 53.5 Å². The summed E-state index contributed by atoms with van der Waals surface area (Å²) in [6.07, 6.45) is 2.17. The van der Waals surface area contributed by atoms with Gasteiger partial charge >= 0.3 is 0 Å². The van der Waals surface area contributed by atoms with Crippen molar-refractivity contribution < 1.29 is 14.0 Å². The Hall–Kier alpha value is -3.86. The number of fused-ring (bicyclic) bond motifs is 2. The maximum Gasteiger partial charge on any atom is 0.254 e. The Labute approximate surface area is 224 Å². The van der Waals surface area contributed by atoms with Crippen LogP contribution >= 0.6 is 0 Å². The van der Waals surface area contributed by atoms with Crippen LogP contribution in [0.25, 0.3) is 22.1 Å². The molecule has 5 rings (SSSR count). The Morgan fingerprint density at radius 3 is 2.58 bits per heavy atom. The van der Waals surface area contributed by atoms with Crippen LogP contribution in [-0.4, -0.2) is 23.3 Å². The van der Waals surface area contributed by atoms with Crippen molar-refractivity contribution >= 4 is 28.3 Å². The van der Waals surface area contributed by atoms with E-state index in [0.717, 1.165) is 51.1 Å². The van der Waals surface area contributed by atoms with E-state index in [2.05, 4.69) is 33.0 Å². The number of hydrogen-bond donors (Lipinski definition) is 1. The van der Waals surface area contributed by atoms with Gasteiger partial charge in [0.15, 0.2) is 0 Å². The van der Waals surface area contributed by atoms with E-state index in [1.165, 1.54) is 0 Å². The third-order valence-electron chi connectivity index (χ3n) is 7.10. The molecule has 1 aromatic heterocycles. The van der Waals surface area contributed by atoms with Gasteiger partial charge in [0.2, 0.25) is 5.91 Å². The van der Waals surface area contributed by atoms with Gasteiger partial charge in [-0.25, -0.2) is 0 Å². The van der Waals surface area contributed by atoms with Gasteiger partial charge in [0.05, 0.1) is 0 Å². The summed E-state index contributed by atoms with van der Waals surface area (Å²) in [7, 11) is 0. The highest BCUT2D eigenvalue weighted by atomic mass is 16.3. The van der Waals surface area contributed by atoms with E-state index in [4.69, 9.17) is 4.42 Å². The van der Waals surface area contributed by atoms with E-state index < -0.39 is 0 Å². The second-order valence-corrected chi connectivity index (χ2v) is 11.8. The first-order valence-corrected chi connectivity index (χ1v) is 13.5. The average Bonchev–Trinajstić information content (AvgIpc) is 3.30. The monoisotopic (exact) mass is 508 g/mol. The predicted molar refractivity (Wildman–Crippen MR) is 153 cm³/mol. The molecule has 5 heteroatoms. The molecule has 5 nitrogen and oxygen atoms in total. The fourth-order valence-electron chi connectivity index (χ4n) is 5.63. The molecule has 4 aromatic rings. The molecule has 1 N–H and O–H groups in total. The van der Waals surface area contributed by atoms with Gasteiger partial charge in [0, 0.05) is 48.3 Å². The number of rotatable bonds is 6. The normalized spacial score (nSPS) is 14.3. The van der Waals surface area contributed by atoms with Crippen molar-refractivity contribution in [2.24, 2.45) is 11.3 Å². The summed E-state index contributed by atoms with van der Waals surface area (Å²) < 4.78 is 6.22. The molecule has 1 atom stereocenters. The molecule has 1 aliphatic heterocycles.